The molecule has 0 bridgehead atoms. The SMILES string of the molecule is C[C@@H]1CN(c2scnc2-c2nc3ccccc3[nH]2)CCN1C(=O)Cc1ccccc1-n1nccn1. The maximum absolute atomic E-state index is 13.3. The predicted molar refractivity (Wildman–Crippen MR) is 136 cm³/mol. The molecule has 5 aromatic rings. The van der Waals surface area contributed by atoms with Gasteiger partial charge in [0.25, 0.3) is 0 Å². The van der Waals surface area contributed by atoms with Crippen molar-refractivity contribution in [1.82, 2.24) is 34.8 Å². The van der Waals surface area contributed by atoms with E-state index >= 15 is 0 Å². The van der Waals surface area contributed by atoms with Gasteiger partial charge in [-0.2, -0.15) is 15.0 Å². The summed E-state index contributed by atoms with van der Waals surface area (Å²) in [6, 6.07) is 15.8. The van der Waals surface area contributed by atoms with Crippen LogP contribution in [0.4, 0.5) is 5.00 Å². The van der Waals surface area contributed by atoms with E-state index in [1.165, 1.54) is 0 Å². The molecule has 9 nitrogen and oxygen atoms in total. The van der Waals surface area contributed by atoms with Gasteiger partial charge in [-0.1, -0.05) is 30.3 Å². The van der Waals surface area contributed by atoms with E-state index in [2.05, 4.69) is 32.0 Å². The van der Waals surface area contributed by atoms with E-state index in [1.54, 1.807) is 28.5 Å². The molecule has 1 amide bonds. The lowest BCUT2D eigenvalue weighted by atomic mass is 10.1. The molecule has 1 fully saturated rings. The van der Waals surface area contributed by atoms with Crippen molar-refractivity contribution in [1.29, 1.82) is 0 Å². The van der Waals surface area contributed by atoms with Crippen LogP contribution < -0.4 is 4.90 Å². The number of fused-ring (bicyclic) bond motifs is 1. The Labute approximate surface area is 206 Å². The molecule has 1 N–H and O–H groups in total. The Hall–Kier alpha value is -4.05. The molecular formula is C25H24N8OS. The normalized spacial score (nSPS) is 16.2. The molecule has 2 aromatic carbocycles. The third kappa shape index (κ3) is 4.06. The van der Waals surface area contributed by atoms with Crippen LogP contribution in [0.1, 0.15) is 12.5 Å². The van der Waals surface area contributed by atoms with Crippen molar-refractivity contribution in [3.05, 3.63) is 72.0 Å². The minimum absolute atomic E-state index is 0.0665. The van der Waals surface area contributed by atoms with E-state index in [1.807, 2.05) is 58.9 Å². The summed E-state index contributed by atoms with van der Waals surface area (Å²) in [5.74, 6) is 0.885. The van der Waals surface area contributed by atoms with Crippen molar-refractivity contribution in [3.63, 3.8) is 0 Å². The van der Waals surface area contributed by atoms with Gasteiger partial charge in [0.15, 0.2) is 5.82 Å². The fraction of sp³-hybridized carbons (Fsp3) is 0.240. The Balaban J connectivity index is 1.18. The summed E-state index contributed by atoms with van der Waals surface area (Å²) < 4.78 is 0. The van der Waals surface area contributed by atoms with Crippen LogP contribution in [0, 0.1) is 0 Å². The van der Waals surface area contributed by atoms with Crippen LogP contribution in [0.25, 0.3) is 28.2 Å². The van der Waals surface area contributed by atoms with Gasteiger partial charge in [0.05, 0.1) is 41.0 Å². The number of aromatic nitrogens is 6. The maximum Gasteiger partial charge on any atom is 0.227 e. The number of aromatic amines is 1. The number of rotatable bonds is 5. The highest BCUT2D eigenvalue weighted by Gasteiger charge is 2.30. The summed E-state index contributed by atoms with van der Waals surface area (Å²) >= 11 is 1.61. The Morgan fingerprint density at radius 1 is 1.09 bits per heavy atom. The van der Waals surface area contributed by atoms with E-state index in [4.69, 9.17) is 4.98 Å². The van der Waals surface area contributed by atoms with Crippen molar-refractivity contribution in [2.75, 3.05) is 24.5 Å². The largest absolute Gasteiger partial charge is 0.358 e. The number of imidazole rings is 1. The van der Waals surface area contributed by atoms with Crippen LogP contribution in [0.2, 0.25) is 0 Å². The lowest BCUT2D eigenvalue weighted by molar-refractivity contribution is -0.132. The minimum Gasteiger partial charge on any atom is -0.358 e. The predicted octanol–water partition coefficient (Wildman–Crippen LogP) is 3.55. The van der Waals surface area contributed by atoms with E-state index in [0.29, 0.717) is 13.0 Å². The molecule has 35 heavy (non-hydrogen) atoms. The van der Waals surface area contributed by atoms with E-state index in [9.17, 15) is 4.79 Å². The molecule has 0 unspecified atom stereocenters. The minimum atomic E-state index is 0.0665. The van der Waals surface area contributed by atoms with Gasteiger partial charge in [-0.25, -0.2) is 9.97 Å². The molecule has 1 aliphatic heterocycles. The zero-order valence-electron chi connectivity index (χ0n) is 19.2. The quantitative estimate of drug-likeness (QED) is 0.410. The summed E-state index contributed by atoms with van der Waals surface area (Å²) in [5, 5.41) is 9.54. The molecule has 0 spiro atoms. The van der Waals surface area contributed by atoms with Crippen LogP contribution >= 0.6 is 11.3 Å². The Morgan fingerprint density at radius 3 is 2.71 bits per heavy atom. The average molecular weight is 485 g/mol. The van der Waals surface area contributed by atoms with E-state index < -0.39 is 0 Å². The number of H-pyrrole nitrogens is 1. The van der Waals surface area contributed by atoms with Gasteiger partial charge >= 0.3 is 0 Å². The highest BCUT2D eigenvalue weighted by atomic mass is 32.1. The molecule has 1 atom stereocenters. The highest BCUT2D eigenvalue weighted by Crippen LogP contribution is 2.34. The van der Waals surface area contributed by atoms with Crippen molar-refractivity contribution in [3.8, 4) is 17.2 Å². The van der Waals surface area contributed by atoms with Crippen LogP contribution in [-0.2, 0) is 11.2 Å². The smallest absolute Gasteiger partial charge is 0.227 e. The molecule has 1 aliphatic rings. The van der Waals surface area contributed by atoms with Gasteiger partial charge < -0.3 is 14.8 Å². The Bertz CT molecular complexity index is 1440. The molecular weight excluding hydrogens is 460 g/mol. The second kappa shape index (κ2) is 8.95. The Kier molecular flexibility index (Phi) is 5.49. The molecule has 1 saturated heterocycles. The zero-order chi connectivity index (χ0) is 23.8. The maximum atomic E-state index is 13.3. The molecule has 0 radical (unpaired) electrons. The first-order valence-corrected chi connectivity index (χ1v) is 12.4. The van der Waals surface area contributed by atoms with Gasteiger partial charge in [-0.3, -0.25) is 4.79 Å². The third-order valence-electron chi connectivity index (χ3n) is 6.36. The molecule has 10 heteroatoms. The van der Waals surface area contributed by atoms with Crippen molar-refractivity contribution >= 4 is 33.3 Å². The summed E-state index contributed by atoms with van der Waals surface area (Å²) in [7, 11) is 0. The number of hydrogen-bond donors (Lipinski definition) is 1. The van der Waals surface area contributed by atoms with Crippen LogP contribution in [0.3, 0.4) is 0 Å². The third-order valence-corrected chi connectivity index (χ3v) is 7.25. The van der Waals surface area contributed by atoms with Crippen LogP contribution in [0.5, 0.6) is 0 Å². The van der Waals surface area contributed by atoms with Gasteiger partial charge in [0.1, 0.15) is 10.7 Å². The fourth-order valence-electron chi connectivity index (χ4n) is 4.66. The van der Waals surface area contributed by atoms with Crippen LogP contribution in [0.15, 0.2) is 66.4 Å². The number of anilines is 1. The van der Waals surface area contributed by atoms with Crippen molar-refractivity contribution < 1.29 is 4.79 Å². The molecule has 4 heterocycles. The van der Waals surface area contributed by atoms with Gasteiger partial charge in [0, 0.05) is 25.7 Å². The second-order valence-corrected chi connectivity index (χ2v) is 9.45. The number of carbonyl (C=O) groups excluding carboxylic acids is 1. The van der Waals surface area contributed by atoms with Gasteiger partial charge in [0.2, 0.25) is 5.91 Å². The van der Waals surface area contributed by atoms with Crippen LogP contribution in [-0.4, -0.2) is 66.4 Å². The molecule has 176 valence electrons. The lowest BCUT2D eigenvalue weighted by Gasteiger charge is -2.40. The number of amides is 1. The zero-order valence-corrected chi connectivity index (χ0v) is 20.0. The summed E-state index contributed by atoms with van der Waals surface area (Å²) in [6.45, 7) is 4.24. The van der Waals surface area contributed by atoms with Crippen molar-refractivity contribution in [2.24, 2.45) is 0 Å². The van der Waals surface area contributed by atoms with Gasteiger partial charge in [-0.15, -0.1) is 11.3 Å². The molecule has 0 aliphatic carbocycles. The fourth-order valence-corrected chi connectivity index (χ4v) is 5.50. The number of para-hydroxylation sites is 3. The summed E-state index contributed by atoms with van der Waals surface area (Å²) in [6.07, 6.45) is 3.59. The monoisotopic (exact) mass is 484 g/mol. The first kappa shape index (κ1) is 21.5. The number of carbonyl (C=O) groups is 1. The number of benzene rings is 2. The average Bonchev–Trinajstić information content (AvgIpc) is 3.64. The Morgan fingerprint density at radius 2 is 1.89 bits per heavy atom. The summed E-state index contributed by atoms with van der Waals surface area (Å²) in [4.78, 5) is 31.9. The van der Waals surface area contributed by atoms with E-state index in [0.717, 1.165) is 51.9 Å². The topological polar surface area (TPSA) is 95.8 Å². The summed E-state index contributed by atoms with van der Waals surface area (Å²) in [5.41, 5.74) is 6.39. The standard InChI is InChI=1S/C25H24N8OS/c1-17-15-31(25-23(26-16-35-25)24-29-19-7-3-4-8-20(19)30-24)12-13-32(17)22(34)14-18-6-2-5-9-21(18)33-27-10-11-28-33/h2-11,16-17H,12-15H2,1H3,(H,29,30)/t17-/m1/s1. The van der Waals surface area contributed by atoms with E-state index in [-0.39, 0.29) is 11.9 Å². The number of hydrogen-bond acceptors (Lipinski definition) is 7. The first-order chi connectivity index (χ1) is 17.2. The first-order valence-electron chi connectivity index (χ1n) is 11.5. The van der Waals surface area contributed by atoms with Gasteiger partial charge in [-0.05, 0) is 30.7 Å². The number of thiazole rings is 1. The number of nitrogens with one attached hydrogen (secondary N) is 1. The number of nitrogens with zero attached hydrogens (tertiary/aromatic N) is 7. The highest BCUT2D eigenvalue weighted by molar-refractivity contribution is 7.14. The lowest BCUT2D eigenvalue weighted by Crippen LogP contribution is -2.54. The molecule has 3 aromatic heterocycles. The molecule has 6 rings (SSSR count). The van der Waals surface area contributed by atoms with Crippen molar-refractivity contribution in [2.45, 2.75) is 19.4 Å². The number of piperazine rings is 1. The second-order valence-electron chi connectivity index (χ2n) is 8.61. The molecule has 0 saturated carbocycles.